The Bertz CT molecular complexity index is 2030. The molecule has 12 heteroatoms. The molecule has 0 aromatic heterocycles. The van der Waals surface area contributed by atoms with Gasteiger partial charge in [-0.3, -0.25) is 4.55 Å². The first-order chi connectivity index (χ1) is 20.9. The maximum Gasteiger partial charge on any atom is 1.00 e. The molecule has 0 fully saturated rings. The normalized spacial score (nSPS) is 11.1. The van der Waals surface area contributed by atoms with Crippen LogP contribution in [-0.4, -0.2) is 20.1 Å². The molecule has 0 saturated heterocycles. The van der Waals surface area contributed by atoms with Crippen molar-refractivity contribution in [2.75, 3.05) is 17.7 Å². The Labute approximate surface area is 350 Å². The second-order valence-corrected chi connectivity index (χ2v) is 11.7. The first-order valence-electron chi connectivity index (χ1n) is 13.2. The largest absolute Gasteiger partial charge is 1.00 e. The second kappa shape index (κ2) is 16.8. The first kappa shape index (κ1) is 36.7. The molecule has 0 amide bonds. The summed E-state index contributed by atoms with van der Waals surface area (Å²) in [6, 6.07) is 37.7. The molecule has 0 aliphatic rings. The third-order valence-corrected chi connectivity index (χ3v) is 8.44. The zero-order chi connectivity index (χ0) is 29.8. The molecular formula is C33H26K2N2O6S2+2. The smallest absolute Gasteiger partial charge is 0.355 e. The fraction of sp³-hybridized carbons (Fsp3) is 0.0303. The topological polar surface area (TPSA) is 106 Å². The fourth-order valence-corrected chi connectivity index (χ4v) is 6.46. The molecule has 6 aromatic carbocycles. The van der Waals surface area contributed by atoms with Crippen LogP contribution in [0, 0.1) is 0 Å². The Hall–Kier alpha value is -1.15. The van der Waals surface area contributed by atoms with Gasteiger partial charge in [0, 0.05) is 38.4 Å². The van der Waals surface area contributed by atoms with Crippen LogP contribution in [0.2, 0.25) is 0 Å². The molecule has 0 unspecified atom stereocenters. The molecule has 8 nitrogen and oxygen atoms in total. The Balaban J connectivity index is 0.00000230. The molecule has 0 bridgehead atoms. The van der Waals surface area contributed by atoms with Gasteiger partial charge in [0.2, 0.25) is 0 Å². The summed E-state index contributed by atoms with van der Waals surface area (Å²) in [5.74, 6) is 0. The number of hydrogen-bond acceptors (Lipinski definition) is 8. The number of hydrogen-bond donors (Lipinski definition) is 3. The van der Waals surface area contributed by atoms with Gasteiger partial charge in [0.25, 0.3) is 10.1 Å². The van der Waals surface area contributed by atoms with Crippen molar-refractivity contribution in [3.63, 3.8) is 0 Å². The number of nitrogens with one attached hydrogen (secondary N) is 2. The van der Waals surface area contributed by atoms with Crippen LogP contribution >= 0.6 is 12.0 Å². The zero-order valence-corrected chi connectivity index (χ0v) is 32.7. The summed E-state index contributed by atoms with van der Waals surface area (Å²) in [6.45, 7) is 0. The monoisotopic (exact) mass is 688 g/mol. The summed E-state index contributed by atoms with van der Waals surface area (Å²) in [5.41, 5.74) is 4.71. The van der Waals surface area contributed by atoms with Crippen molar-refractivity contribution in [1.82, 2.24) is 0 Å². The molecule has 216 valence electrons. The van der Waals surface area contributed by atoms with E-state index in [1.807, 2.05) is 109 Å². The molecule has 0 saturated carbocycles. The van der Waals surface area contributed by atoms with Gasteiger partial charge in [-0.2, -0.15) is 8.42 Å². The molecule has 6 aromatic rings. The van der Waals surface area contributed by atoms with Crippen LogP contribution in [-0.2, 0) is 24.4 Å². The van der Waals surface area contributed by atoms with Gasteiger partial charge in [-0.1, -0.05) is 77.8 Å². The van der Waals surface area contributed by atoms with Crippen LogP contribution < -0.4 is 113 Å². The summed E-state index contributed by atoms with van der Waals surface area (Å²) in [7, 11) is -3.19. The van der Waals surface area contributed by atoms with Crippen molar-refractivity contribution in [2.24, 2.45) is 0 Å². The Morgan fingerprint density at radius 2 is 1.13 bits per heavy atom. The van der Waals surface area contributed by atoms with Crippen LogP contribution in [0.5, 0.6) is 0 Å². The number of para-hydroxylation sites is 2. The Morgan fingerprint density at radius 1 is 0.622 bits per heavy atom. The van der Waals surface area contributed by atoms with Crippen molar-refractivity contribution >= 4 is 66.5 Å². The minimum absolute atomic E-state index is 0. The predicted octanol–water partition coefficient (Wildman–Crippen LogP) is 2.92. The molecule has 6 rings (SSSR count). The van der Waals surface area contributed by atoms with Crippen molar-refractivity contribution in [3.05, 3.63) is 121 Å². The standard InChI is InChI=1S/C33H26N2O6S2.2K/c1-39-40-41-42-30-16-8-14-26-24(18-20-28(32(26)30)34-22-10-4-2-5-11-22)25-19-21-29(35-23-12-6-3-7-13-23)33-27(25)15-9-17-31(33)43(36,37)38;;/h2-21,34-35H,1H3,(H,36,37,38);;/q;2*+1. The molecule has 45 heavy (non-hydrogen) atoms. The molecule has 0 atom stereocenters. The second-order valence-electron chi connectivity index (χ2n) is 9.52. The van der Waals surface area contributed by atoms with Gasteiger partial charge in [0.15, 0.2) is 0 Å². The van der Waals surface area contributed by atoms with Gasteiger partial charge in [-0.15, -0.1) is 4.33 Å². The molecule has 0 aliphatic heterocycles. The SMILES string of the molecule is COOOSc1cccc2c(-c3ccc(Nc4ccccc4)c4c(S(=O)(=O)O)cccc34)ccc(Nc3ccccc3)c12.[K+].[K+]. The summed E-state index contributed by atoms with van der Waals surface area (Å²) in [6.07, 6.45) is 0. The summed E-state index contributed by atoms with van der Waals surface area (Å²) < 4.78 is 40.6. The van der Waals surface area contributed by atoms with Crippen molar-refractivity contribution in [2.45, 2.75) is 9.79 Å². The summed E-state index contributed by atoms with van der Waals surface area (Å²) in [4.78, 5) is 5.18. The molecule has 0 spiro atoms. The third kappa shape index (κ3) is 8.48. The zero-order valence-electron chi connectivity index (χ0n) is 24.9. The molecule has 3 N–H and O–H groups in total. The van der Waals surface area contributed by atoms with Crippen molar-refractivity contribution < 1.29 is 130 Å². The molecular weight excluding hydrogens is 663 g/mol. The number of rotatable bonds is 10. The summed E-state index contributed by atoms with van der Waals surface area (Å²) >= 11 is 1.01. The minimum atomic E-state index is -4.54. The Kier molecular flexibility index (Phi) is 13.7. The predicted molar refractivity (Wildman–Crippen MR) is 171 cm³/mol. The third-order valence-electron chi connectivity index (χ3n) is 6.90. The van der Waals surface area contributed by atoms with Gasteiger partial charge in [0.1, 0.15) is 4.90 Å². The molecule has 0 heterocycles. The number of fused-ring (bicyclic) bond motifs is 2. The van der Waals surface area contributed by atoms with Gasteiger partial charge in [-0.25, -0.2) is 4.89 Å². The fourth-order valence-electron chi connectivity index (χ4n) is 5.14. The minimum Gasteiger partial charge on any atom is -0.355 e. The van der Waals surface area contributed by atoms with E-state index in [-0.39, 0.29) is 108 Å². The average molecular weight is 689 g/mol. The van der Waals surface area contributed by atoms with E-state index < -0.39 is 10.1 Å². The van der Waals surface area contributed by atoms with E-state index in [1.165, 1.54) is 13.2 Å². The van der Waals surface area contributed by atoms with E-state index in [0.717, 1.165) is 55.9 Å². The number of benzene rings is 6. The van der Waals surface area contributed by atoms with Gasteiger partial charge in [-0.05, 0) is 70.4 Å². The molecule has 0 aliphatic carbocycles. The van der Waals surface area contributed by atoms with Crippen LogP contribution in [0.15, 0.2) is 131 Å². The Morgan fingerprint density at radius 3 is 1.67 bits per heavy atom. The quantitative estimate of drug-likeness (QED) is 0.0501. The number of anilines is 4. The van der Waals surface area contributed by atoms with Crippen LogP contribution in [0.4, 0.5) is 22.7 Å². The van der Waals surface area contributed by atoms with E-state index in [0.29, 0.717) is 16.5 Å². The van der Waals surface area contributed by atoms with Gasteiger partial charge < -0.3 is 10.6 Å². The van der Waals surface area contributed by atoms with Crippen LogP contribution in [0.3, 0.4) is 0 Å². The van der Waals surface area contributed by atoms with Crippen LogP contribution in [0.1, 0.15) is 0 Å². The average Bonchev–Trinajstić information content (AvgIpc) is 3.02. The van der Waals surface area contributed by atoms with Gasteiger partial charge >= 0.3 is 103 Å². The van der Waals surface area contributed by atoms with E-state index >= 15 is 0 Å². The van der Waals surface area contributed by atoms with Gasteiger partial charge in [0.05, 0.1) is 19.2 Å². The van der Waals surface area contributed by atoms with Crippen molar-refractivity contribution in [3.8, 4) is 11.1 Å². The van der Waals surface area contributed by atoms with E-state index in [1.54, 1.807) is 6.07 Å². The van der Waals surface area contributed by atoms with E-state index in [4.69, 9.17) is 4.33 Å². The van der Waals surface area contributed by atoms with Crippen LogP contribution in [0.25, 0.3) is 32.7 Å². The van der Waals surface area contributed by atoms with E-state index in [9.17, 15) is 13.0 Å². The molecule has 0 radical (unpaired) electrons. The summed E-state index contributed by atoms with van der Waals surface area (Å²) in [5, 5.41) is 14.3. The van der Waals surface area contributed by atoms with Crippen molar-refractivity contribution in [1.29, 1.82) is 0 Å². The maximum absolute atomic E-state index is 12.6. The van der Waals surface area contributed by atoms with E-state index in [2.05, 4.69) is 20.6 Å². The first-order valence-corrected chi connectivity index (χ1v) is 15.4. The maximum atomic E-state index is 12.6.